The van der Waals surface area contributed by atoms with E-state index in [1.165, 1.54) is 25.3 Å². The van der Waals surface area contributed by atoms with Gasteiger partial charge in [0.2, 0.25) is 0 Å². The molecule has 2 N–H and O–H groups in total. The summed E-state index contributed by atoms with van der Waals surface area (Å²) in [6, 6.07) is 1.73. The zero-order valence-corrected chi connectivity index (χ0v) is 19.1. The molecule has 0 saturated heterocycles. The lowest BCUT2D eigenvalue weighted by molar-refractivity contribution is 0.256. The largest absolute Gasteiger partial charge is 0.361 e. The van der Waals surface area contributed by atoms with E-state index in [1.807, 2.05) is 32.4 Å². The fourth-order valence-electron chi connectivity index (χ4n) is 2.91. The van der Waals surface area contributed by atoms with Gasteiger partial charge in [-0.1, -0.05) is 27.7 Å². The Labute approximate surface area is 177 Å². The number of nitrogens with zero attached hydrogens (tertiary/aromatic N) is 3. The number of urea groups is 1. The van der Waals surface area contributed by atoms with E-state index in [2.05, 4.69) is 15.3 Å². The third kappa shape index (κ3) is 5.24. The Bertz CT molecular complexity index is 1020. The van der Waals surface area contributed by atoms with Crippen LogP contribution in [0.3, 0.4) is 0 Å². The Balaban J connectivity index is 2.40. The fraction of sp³-hybridized carbons (Fsp3) is 0.450. The van der Waals surface area contributed by atoms with Gasteiger partial charge in [-0.05, 0) is 42.0 Å². The van der Waals surface area contributed by atoms with Crippen LogP contribution in [-0.2, 0) is 10.0 Å². The number of carbonyl (C=O) groups is 1. The van der Waals surface area contributed by atoms with E-state index in [1.54, 1.807) is 19.0 Å². The molecule has 164 valence electrons. The first kappa shape index (κ1) is 23.5. The number of benzene rings is 1. The van der Waals surface area contributed by atoms with Crippen molar-refractivity contribution in [3.05, 3.63) is 41.0 Å². The molecule has 0 atom stereocenters. The number of halogens is 1. The third-order valence-corrected chi connectivity index (χ3v) is 5.84. The van der Waals surface area contributed by atoms with Crippen molar-refractivity contribution in [1.82, 2.24) is 14.7 Å². The maximum Gasteiger partial charge on any atom is 0.333 e. The summed E-state index contributed by atoms with van der Waals surface area (Å²) in [5, 5.41) is 2.26. The standard InChI is InChI=1S/C20H28FN5O3S/c1-11(2)15-8-14(21)9-16(12(3)4)18(15)24-20(27)25-30(28,29)19-13(5)22-10-17(23-19)26(6)7/h8-12H,1-7H3,(H2,24,25,27). The van der Waals surface area contributed by atoms with Crippen LogP contribution in [-0.4, -0.2) is 38.5 Å². The summed E-state index contributed by atoms with van der Waals surface area (Å²) in [5.74, 6) is -0.249. The highest BCUT2D eigenvalue weighted by Crippen LogP contribution is 2.33. The lowest BCUT2D eigenvalue weighted by Gasteiger charge is -2.21. The molecule has 8 nitrogen and oxygen atoms in total. The Morgan fingerprint density at radius 1 is 1.10 bits per heavy atom. The molecule has 10 heteroatoms. The molecule has 0 unspecified atom stereocenters. The highest BCUT2D eigenvalue weighted by molar-refractivity contribution is 7.90. The molecule has 0 aliphatic heterocycles. The lowest BCUT2D eigenvalue weighted by Crippen LogP contribution is -2.36. The summed E-state index contributed by atoms with van der Waals surface area (Å²) in [6.45, 7) is 8.95. The van der Waals surface area contributed by atoms with E-state index in [0.29, 0.717) is 22.6 Å². The van der Waals surface area contributed by atoms with Crippen molar-refractivity contribution in [2.24, 2.45) is 0 Å². The molecule has 2 amide bonds. The molecule has 0 saturated carbocycles. The van der Waals surface area contributed by atoms with Crippen LogP contribution in [0.2, 0.25) is 0 Å². The maximum atomic E-state index is 14.1. The van der Waals surface area contributed by atoms with Gasteiger partial charge in [0.15, 0.2) is 5.03 Å². The molecule has 2 aromatic rings. The van der Waals surface area contributed by atoms with Gasteiger partial charge in [-0.25, -0.2) is 18.9 Å². The molecule has 0 fully saturated rings. The minimum atomic E-state index is -4.28. The topological polar surface area (TPSA) is 104 Å². The highest BCUT2D eigenvalue weighted by Gasteiger charge is 2.25. The molecule has 1 heterocycles. The second-order valence-electron chi connectivity index (χ2n) is 7.84. The molecule has 0 aliphatic rings. The summed E-state index contributed by atoms with van der Waals surface area (Å²) in [7, 11) is -0.878. The maximum absolute atomic E-state index is 14.1. The first-order valence-corrected chi connectivity index (χ1v) is 11.0. The minimum absolute atomic E-state index is 0.0880. The van der Waals surface area contributed by atoms with Crippen molar-refractivity contribution in [1.29, 1.82) is 0 Å². The van der Waals surface area contributed by atoms with E-state index in [4.69, 9.17) is 0 Å². The monoisotopic (exact) mass is 437 g/mol. The van der Waals surface area contributed by atoms with Crippen molar-refractivity contribution in [2.45, 2.75) is 51.5 Å². The van der Waals surface area contributed by atoms with Gasteiger partial charge in [0.1, 0.15) is 11.6 Å². The second-order valence-corrected chi connectivity index (χ2v) is 9.44. The van der Waals surface area contributed by atoms with Crippen molar-refractivity contribution < 1.29 is 17.6 Å². The predicted molar refractivity (Wildman–Crippen MR) is 115 cm³/mol. The van der Waals surface area contributed by atoms with Crippen LogP contribution >= 0.6 is 0 Å². The van der Waals surface area contributed by atoms with Crippen molar-refractivity contribution >= 4 is 27.6 Å². The molecule has 0 spiro atoms. The zero-order chi connectivity index (χ0) is 22.8. The Morgan fingerprint density at radius 3 is 2.10 bits per heavy atom. The van der Waals surface area contributed by atoms with E-state index in [0.717, 1.165) is 0 Å². The first-order chi connectivity index (χ1) is 13.8. The van der Waals surface area contributed by atoms with Crippen LogP contribution in [0.1, 0.15) is 56.4 Å². The van der Waals surface area contributed by atoms with Crippen LogP contribution in [0.25, 0.3) is 0 Å². The smallest absolute Gasteiger partial charge is 0.333 e. The summed E-state index contributed by atoms with van der Waals surface area (Å²) in [5.41, 5.74) is 1.72. The van der Waals surface area contributed by atoms with E-state index in [9.17, 15) is 17.6 Å². The number of aromatic nitrogens is 2. The van der Waals surface area contributed by atoms with Gasteiger partial charge in [-0.15, -0.1) is 0 Å². The van der Waals surface area contributed by atoms with Gasteiger partial charge in [-0.2, -0.15) is 8.42 Å². The number of aryl methyl sites for hydroxylation is 1. The van der Waals surface area contributed by atoms with E-state index < -0.39 is 21.9 Å². The molecule has 0 radical (unpaired) electrons. The van der Waals surface area contributed by atoms with Gasteiger partial charge < -0.3 is 10.2 Å². The number of hydrogen-bond acceptors (Lipinski definition) is 6. The van der Waals surface area contributed by atoms with Crippen LogP contribution < -0.4 is 14.9 Å². The zero-order valence-electron chi connectivity index (χ0n) is 18.2. The summed E-state index contributed by atoms with van der Waals surface area (Å²) in [6.07, 6.45) is 1.44. The highest BCUT2D eigenvalue weighted by atomic mass is 32.2. The van der Waals surface area contributed by atoms with Crippen LogP contribution in [0.5, 0.6) is 0 Å². The summed E-state index contributed by atoms with van der Waals surface area (Å²) < 4.78 is 41.6. The van der Waals surface area contributed by atoms with Crippen LogP contribution in [0.4, 0.5) is 20.7 Å². The van der Waals surface area contributed by atoms with Gasteiger partial charge >= 0.3 is 6.03 Å². The Hall–Kier alpha value is -2.75. The lowest BCUT2D eigenvalue weighted by atomic mass is 9.92. The Kier molecular flexibility index (Phi) is 7.02. The van der Waals surface area contributed by atoms with Crippen molar-refractivity contribution in [3.8, 4) is 0 Å². The number of hydrogen-bond donors (Lipinski definition) is 2. The van der Waals surface area contributed by atoms with Gasteiger partial charge in [0.25, 0.3) is 10.0 Å². The van der Waals surface area contributed by atoms with Gasteiger partial charge in [0.05, 0.1) is 11.9 Å². The molecule has 1 aromatic heterocycles. The third-order valence-electron chi connectivity index (χ3n) is 4.49. The van der Waals surface area contributed by atoms with Crippen LogP contribution in [0.15, 0.2) is 23.4 Å². The number of nitrogens with one attached hydrogen (secondary N) is 2. The fourth-order valence-corrected chi connectivity index (χ4v) is 3.95. The molecular formula is C20H28FN5O3S. The Morgan fingerprint density at radius 2 is 1.63 bits per heavy atom. The van der Waals surface area contributed by atoms with Crippen molar-refractivity contribution in [2.75, 3.05) is 24.3 Å². The predicted octanol–water partition coefficient (Wildman–Crippen LogP) is 3.75. The average molecular weight is 438 g/mol. The molecule has 0 bridgehead atoms. The SMILES string of the molecule is Cc1ncc(N(C)C)nc1S(=O)(=O)NC(=O)Nc1c(C(C)C)cc(F)cc1C(C)C. The summed E-state index contributed by atoms with van der Waals surface area (Å²) in [4.78, 5) is 22.4. The summed E-state index contributed by atoms with van der Waals surface area (Å²) >= 11 is 0. The average Bonchev–Trinajstić information content (AvgIpc) is 2.61. The van der Waals surface area contributed by atoms with Gasteiger partial charge in [0, 0.05) is 19.8 Å². The number of carbonyl (C=O) groups excluding carboxylic acids is 1. The molecule has 0 aliphatic carbocycles. The number of rotatable bonds is 6. The quantitative estimate of drug-likeness (QED) is 0.713. The number of amides is 2. The van der Waals surface area contributed by atoms with E-state index in [-0.39, 0.29) is 22.6 Å². The molecule has 30 heavy (non-hydrogen) atoms. The molecule has 2 rings (SSSR count). The normalized spacial score (nSPS) is 11.7. The number of sulfonamides is 1. The van der Waals surface area contributed by atoms with Crippen molar-refractivity contribution in [3.63, 3.8) is 0 Å². The van der Waals surface area contributed by atoms with Crippen LogP contribution in [0, 0.1) is 12.7 Å². The molecule has 1 aromatic carbocycles. The second kappa shape index (κ2) is 8.95. The number of anilines is 2. The molecular weight excluding hydrogens is 409 g/mol. The minimum Gasteiger partial charge on any atom is -0.361 e. The van der Waals surface area contributed by atoms with Gasteiger partial charge in [-0.3, -0.25) is 4.98 Å². The van der Waals surface area contributed by atoms with E-state index >= 15 is 0 Å². The first-order valence-electron chi connectivity index (χ1n) is 9.51.